The SMILES string of the molecule is CCCCc1noc(C2CCCCC2NC)n1. The Morgan fingerprint density at radius 3 is 2.94 bits per heavy atom. The molecule has 2 rings (SSSR count). The maximum absolute atomic E-state index is 5.43. The summed E-state index contributed by atoms with van der Waals surface area (Å²) in [6.45, 7) is 2.18. The molecule has 4 nitrogen and oxygen atoms in total. The van der Waals surface area contributed by atoms with Crippen molar-refractivity contribution < 1.29 is 4.52 Å². The summed E-state index contributed by atoms with van der Waals surface area (Å²) in [5, 5.41) is 7.46. The van der Waals surface area contributed by atoms with Gasteiger partial charge in [-0.2, -0.15) is 4.98 Å². The fourth-order valence-corrected chi connectivity index (χ4v) is 2.63. The summed E-state index contributed by atoms with van der Waals surface area (Å²) in [4.78, 5) is 4.55. The highest BCUT2D eigenvalue weighted by molar-refractivity contribution is 5.01. The molecular formula is C13H23N3O. The minimum atomic E-state index is 0.414. The zero-order valence-corrected chi connectivity index (χ0v) is 10.9. The standard InChI is InChI=1S/C13H23N3O/c1-3-4-9-12-15-13(17-16-12)10-7-5-6-8-11(10)14-2/h10-11,14H,3-9H2,1-2H3. The van der Waals surface area contributed by atoms with E-state index in [9.17, 15) is 0 Å². The molecule has 1 fully saturated rings. The maximum atomic E-state index is 5.43. The van der Waals surface area contributed by atoms with Gasteiger partial charge in [0.2, 0.25) is 5.89 Å². The lowest BCUT2D eigenvalue weighted by molar-refractivity contribution is 0.269. The average molecular weight is 237 g/mol. The van der Waals surface area contributed by atoms with E-state index in [2.05, 4.69) is 22.4 Å². The molecule has 2 atom stereocenters. The minimum Gasteiger partial charge on any atom is -0.339 e. The number of hydrogen-bond donors (Lipinski definition) is 1. The van der Waals surface area contributed by atoms with E-state index < -0.39 is 0 Å². The third-order valence-corrected chi connectivity index (χ3v) is 3.69. The Balaban J connectivity index is 2.02. The van der Waals surface area contributed by atoms with Crippen molar-refractivity contribution in [2.45, 2.75) is 63.8 Å². The summed E-state index contributed by atoms with van der Waals surface area (Å²) >= 11 is 0. The Hall–Kier alpha value is -0.900. The Morgan fingerprint density at radius 1 is 1.35 bits per heavy atom. The molecule has 96 valence electrons. The lowest BCUT2D eigenvalue weighted by Crippen LogP contribution is -2.34. The molecule has 1 aliphatic carbocycles. The van der Waals surface area contributed by atoms with E-state index in [1.807, 2.05) is 7.05 Å². The van der Waals surface area contributed by atoms with Gasteiger partial charge in [-0.05, 0) is 26.3 Å². The molecule has 0 spiro atoms. The molecule has 1 heterocycles. The molecule has 1 N–H and O–H groups in total. The summed E-state index contributed by atoms with van der Waals surface area (Å²) in [6.07, 6.45) is 8.21. The van der Waals surface area contributed by atoms with E-state index in [-0.39, 0.29) is 0 Å². The van der Waals surface area contributed by atoms with Gasteiger partial charge in [-0.25, -0.2) is 0 Å². The number of likely N-dealkylation sites (N-methyl/N-ethyl adjacent to an activating group) is 1. The van der Waals surface area contributed by atoms with Crippen LogP contribution in [0, 0.1) is 0 Å². The monoisotopic (exact) mass is 237 g/mol. The van der Waals surface area contributed by atoms with Gasteiger partial charge in [0.15, 0.2) is 5.82 Å². The van der Waals surface area contributed by atoms with Crippen LogP contribution in [0.5, 0.6) is 0 Å². The number of aromatic nitrogens is 2. The van der Waals surface area contributed by atoms with Crippen LogP contribution in [0.15, 0.2) is 4.52 Å². The summed E-state index contributed by atoms with van der Waals surface area (Å²) < 4.78 is 5.43. The van der Waals surface area contributed by atoms with Gasteiger partial charge in [-0.1, -0.05) is 31.3 Å². The van der Waals surface area contributed by atoms with Crippen LogP contribution in [0.2, 0.25) is 0 Å². The summed E-state index contributed by atoms with van der Waals surface area (Å²) in [7, 11) is 2.03. The largest absolute Gasteiger partial charge is 0.339 e. The fourth-order valence-electron chi connectivity index (χ4n) is 2.63. The number of hydrogen-bond acceptors (Lipinski definition) is 4. The van der Waals surface area contributed by atoms with Crippen molar-refractivity contribution in [3.63, 3.8) is 0 Å². The Kier molecular flexibility index (Phi) is 4.54. The maximum Gasteiger partial charge on any atom is 0.231 e. The first-order chi connectivity index (χ1) is 8.35. The molecule has 1 aromatic heterocycles. The van der Waals surface area contributed by atoms with E-state index in [0.717, 1.165) is 24.6 Å². The van der Waals surface area contributed by atoms with Crippen LogP contribution in [0.1, 0.15) is 63.1 Å². The van der Waals surface area contributed by atoms with Crippen molar-refractivity contribution in [3.8, 4) is 0 Å². The molecule has 1 aliphatic rings. The molecule has 0 bridgehead atoms. The van der Waals surface area contributed by atoms with Crippen molar-refractivity contribution in [1.29, 1.82) is 0 Å². The van der Waals surface area contributed by atoms with Gasteiger partial charge in [-0.3, -0.25) is 0 Å². The molecule has 0 amide bonds. The summed E-state index contributed by atoms with van der Waals surface area (Å²) in [6, 6.07) is 0.503. The second-order valence-electron chi connectivity index (χ2n) is 4.94. The molecule has 1 saturated carbocycles. The van der Waals surface area contributed by atoms with Crippen LogP contribution in [-0.4, -0.2) is 23.2 Å². The summed E-state index contributed by atoms with van der Waals surface area (Å²) in [5.41, 5.74) is 0. The predicted molar refractivity (Wildman–Crippen MR) is 67.0 cm³/mol. The van der Waals surface area contributed by atoms with Gasteiger partial charge in [0, 0.05) is 12.5 Å². The number of rotatable bonds is 5. The highest BCUT2D eigenvalue weighted by atomic mass is 16.5. The van der Waals surface area contributed by atoms with Crippen molar-refractivity contribution in [3.05, 3.63) is 11.7 Å². The smallest absolute Gasteiger partial charge is 0.231 e. The number of nitrogens with zero attached hydrogens (tertiary/aromatic N) is 2. The normalized spacial score (nSPS) is 25.1. The van der Waals surface area contributed by atoms with Crippen molar-refractivity contribution >= 4 is 0 Å². The lowest BCUT2D eigenvalue weighted by atomic mass is 9.84. The molecular weight excluding hydrogens is 214 g/mol. The Labute approximate surface area is 103 Å². The van der Waals surface area contributed by atoms with Crippen LogP contribution < -0.4 is 5.32 Å². The van der Waals surface area contributed by atoms with Crippen molar-refractivity contribution in [2.24, 2.45) is 0 Å². The first kappa shape index (κ1) is 12.6. The van der Waals surface area contributed by atoms with E-state index in [4.69, 9.17) is 4.52 Å². The third kappa shape index (κ3) is 3.06. The van der Waals surface area contributed by atoms with E-state index in [0.29, 0.717) is 12.0 Å². The highest BCUT2D eigenvalue weighted by Crippen LogP contribution is 2.31. The van der Waals surface area contributed by atoms with E-state index in [1.165, 1.54) is 32.1 Å². The number of aryl methyl sites for hydroxylation is 1. The average Bonchev–Trinajstić information content (AvgIpc) is 2.85. The molecule has 2 unspecified atom stereocenters. The molecule has 0 radical (unpaired) electrons. The van der Waals surface area contributed by atoms with Gasteiger partial charge in [-0.15, -0.1) is 0 Å². The second-order valence-corrected chi connectivity index (χ2v) is 4.94. The van der Waals surface area contributed by atoms with Gasteiger partial charge >= 0.3 is 0 Å². The van der Waals surface area contributed by atoms with Crippen LogP contribution in [0.25, 0.3) is 0 Å². The fraction of sp³-hybridized carbons (Fsp3) is 0.846. The van der Waals surface area contributed by atoms with Crippen LogP contribution in [-0.2, 0) is 6.42 Å². The predicted octanol–water partition coefficient (Wildman–Crippen LogP) is 2.66. The Morgan fingerprint density at radius 2 is 2.18 bits per heavy atom. The van der Waals surface area contributed by atoms with Crippen LogP contribution in [0.4, 0.5) is 0 Å². The highest BCUT2D eigenvalue weighted by Gasteiger charge is 2.29. The van der Waals surface area contributed by atoms with Crippen LogP contribution in [0.3, 0.4) is 0 Å². The van der Waals surface area contributed by atoms with Crippen molar-refractivity contribution in [2.75, 3.05) is 7.05 Å². The molecule has 0 saturated heterocycles. The number of unbranched alkanes of at least 4 members (excludes halogenated alkanes) is 1. The van der Waals surface area contributed by atoms with Gasteiger partial charge in [0.05, 0.1) is 5.92 Å². The lowest BCUT2D eigenvalue weighted by Gasteiger charge is -2.28. The first-order valence-electron chi connectivity index (χ1n) is 6.85. The van der Waals surface area contributed by atoms with Crippen LogP contribution >= 0.6 is 0 Å². The third-order valence-electron chi connectivity index (χ3n) is 3.69. The minimum absolute atomic E-state index is 0.414. The molecule has 17 heavy (non-hydrogen) atoms. The molecule has 4 heteroatoms. The second kappa shape index (κ2) is 6.15. The molecule has 0 aromatic carbocycles. The molecule has 0 aliphatic heterocycles. The van der Waals surface area contributed by atoms with Crippen molar-refractivity contribution in [1.82, 2.24) is 15.5 Å². The summed E-state index contributed by atoms with van der Waals surface area (Å²) in [5.74, 6) is 2.13. The van der Waals surface area contributed by atoms with Gasteiger partial charge in [0.1, 0.15) is 0 Å². The zero-order valence-electron chi connectivity index (χ0n) is 10.9. The van der Waals surface area contributed by atoms with Gasteiger partial charge < -0.3 is 9.84 Å². The Bertz CT molecular complexity index is 337. The first-order valence-corrected chi connectivity index (χ1v) is 6.85. The number of nitrogens with one attached hydrogen (secondary N) is 1. The van der Waals surface area contributed by atoms with E-state index >= 15 is 0 Å². The van der Waals surface area contributed by atoms with Gasteiger partial charge in [0.25, 0.3) is 0 Å². The molecule has 1 aromatic rings. The van der Waals surface area contributed by atoms with E-state index in [1.54, 1.807) is 0 Å². The topological polar surface area (TPSA) is 51.0 Å². The zero-order chi connectivity index (χ0) is 12.1. The quantitative estimate of drug-likeness (QED) is 0.855.